The molecule has 0 spiro atoms. The summed E-state index contributed by atoms with van der Waals surface area (Å²) < 4.78 is 5.13. The van der Waals surface area contributed by atoms with Crippen LogP contribution in [0.5, 0.6) is 11.5 Å². The molecule has 0 unspecified atom stereocenters. The van der Waals surface area contributed by atoms with E-state index in [4.69, 9.17) is 4.74 Å². The molecule has 94 valence electrons. The second-order valence-electron chi connectivity index (χ2n) is 5.39. The van der Waals surface area contributed by atoms with Crippen LogP contribution < -0.4 is 4.74 Å². The van der Waals surface area contributed by atoms with Gasteiger partial charge in [-0.2, -0.15) is 0 Å². The molecule has 1 aromatic carbocycles. The molecule has 3 heteroatoms. The number of phenols is 1. The van der Waals surface area contributed by atoms with Crippen molar-refractivity contribution >= 4 is 5.97 Å². The molecule has 0 atom stereocenters. The second kappa shape index (κ2) is 4.40. The van der Waals surface area contributed by atoms with Crippen LogP contribution >= 0.6 is 0 Å². The smallest absolute Gasteiger partial charge is 0.308 e. The molecule has 0 saturated heterocycles. The summed E-state index contributed by atoms with van der Waals surface area (Å²) in [6.45, 7) is 11.1. The van der Waals surface area contributed by atoms with E-state index in [9.17, 15) is 9.90 Å². The van der Waals surface area contributed by atoms with Crippen LogP contribution in [-0.2, 0) is 10.2 Å². The van der Waals surface area contributed by atoms with Crippen LogP contribution in [0.3, 0.4) is 0 Å². The Hall–Kier alpha value is -1.51. The topological polar surface area (TPSA) is 46.5 Å². The van der Waals surface area contributed by atoms with E-state index in [0.29, 0.717) is 11.3 Å². The van der Waals surface area contributed by atoms with Gasteiger partial charge in [-0.25, -0.2) is 0 Å². The fraction of sp³-hybridized carbons (Fsp3) is 0.500. The molecule has 0 bridgehead atoms. The summed E-state index contributed by atoms with van der Waals surface area (Å²) in [5, 5.41) is 10.2. The molecule has 1 aromatic rings. The largest absolute Gasteiger partial charge is 0.507 e. The Morgan fingerprint density at radius 1 is 1.29 bits per heavy atom. The van der Waals surface area contributed by atoms with Crippen LogP contribution in [0.25, 0.3) is 0 Å². The zero-order valence-electron chi connectivity index (χ0n) is 11.3. The maximum Gasteiger partial charge on any atom is 0.308 e. The standard InChI is InChI=1S/C14H20O3/c1-8-7-11(14(4,5)6)12(16)9(2)13(8)17-10(3)15/h7,16H,1-6H3. The number of carbonyl (C=O) groups excluding carboxylic acids is 1. The number of aryl methyl sites for hydroxylation is 1. The molecule has 1 rings (SSSR count). The maximum absolute atomic E-state index is 11.0. The minimum atomic E-state index is -0.376. The summed E-state index contributed by atoms with van der Waals surface area (Å²) in [6.07, 6.45) is 0. The first-order chi connectivity index (χ1) is 7.64. The van der Waals surface area contributed by atoms with Crippen LogP contribution in [0.4, 0.5) is 0 Å². The molecule has 0 aromatic heterocycles. The quantitative estimate of drug-likeness (QED) is 0.601. The number of benzene rings is 1. The monoisotopic (exact) mass is 236 g/mol. The number of hydrogen-bond acceptors (Lipinski definition) is 3. The van der Waals surface area contributed by atoms with Crippen molar-refractivity contribution in [3.63, 3.8) is 0 Å². The third-order valence-corrected chi connectivity index (χ3v) is 2.72. The molecule has 0 amide bonds. The Labute approximate surface area is 102 Å². The number of ether oxygens (including phenoxy) is 1. The second-order valence-corrected chi connectivity index (χ2v) is 5.39. The van der Waals surface area contributed by atoms with Crippen LogP contribution in [0, 0.1) is 13.8 Å². The van der Waals surface area contributed by atoms with Crippen molar-refractivity contribution in [2.75, 3.05) is 0 Å². The molecule has 0 heterocycles. The molecule has 0 saturated carbocycles. The summed E-state index contributed by atoms with van der Waals surface area (Å²) >= 11 is 0. The first-order valence-corrected chi connectivity index (χ1v) is 5.66. The zero-order chi connectivity index (χ0) is 13.4. The fourth-order valence-electron chi connectivity index (χ4n) is 1.83. The van der Waals surface area contributed by atoms with E-state index in [1.54, 1.807) is 6.92 Å². The van der Waals surface area contributed by atoms with Crippen LogP contribution in [0.15, 0.2) is 6.07 Å². The van der Waals surface area contributed by atoms with Gasteiger partial charge in [0.2, 0.25) is 0 Å². The van der Waals surface area contributed by atoms with Gasteiger partial charge in [0.1, 0.15) is 11.5 Å². The lowest BCUT2D eigenvalue weighted by Crippen LogP contribution is -2.13. The highest BCUT2D eigenvalue weighted by atomic mass is 16.5. The molecule has 0 aliphatic rings. The molecule has 17 heavy (non-hydrogen) atoms. The number of hydrogen-bond donors (Lipinski definition) is 1. The highest BCUT2D eigenvalue weighted by Crippen LogP contribution is 2.39. The molecule has 0 radical (unpaired) electrons. The average molecular weight is 236 g/mol. The van der Waals surface area contributed by atoms with Crippen molar-refractivity contribution in [1.82, 2.24) is 0 Å². The maximum atomic E-state index is 11.0. The predicted octanol–water partition coefficient (Wildman–Crippen LogP) is 3.23. The van der Waals surface area contributed by atoms with E-state index in [1.165, 1.54) is 6.92 Å². The molecule has 0 fully saturated rings. The molecule has 0 aliphatic carbocycles. The minimum absolute atomic E-state index is 0.144. The van der Waals surface area contributed by atoms with Crippen molar-refractivity contribution in [2.24, 2.45) is 0 Å². The van der Waals surface area contributed by atoms with Gasteiger partial charge in [-0.3, -0.25) is 4.79 Å². The number of esters is 1. The van der Waals surface area contributed by atoms with Gasteiger partial charge in [0.15, 0.2) is 0 Å². The van der Waals surface area contributed by atoms with Crippen molar-refractivity contribution in [3.05, 3.63) is 22.8 Å². The first-order valence-electron chi connectivity index (χ1n) is 5.66. The van der Waals surface area contributed by atoms with E-state index in [2.05, 4.69) is 0 Å². The first kappa shape index (κ1) is 13.6. The highest BCUT2D eigenvalue weighted by Gasteiger charge is 2.23. The summed E-state index contributed by atoms with van der Waals surface area (Å²) in [5.74, 6) is 0.293. The van der Waals surface area contributed by atoms with E-state index >= 15 is 0 Å². The van der Waals surface area contributed by atoms with Gasteiger partial charge in [0.25, 0.3) is 0 Å². The average Bonchev–Trinajstić information content (AvgIpc) is 2.16. The van der Waals surface area contributed by atoms with Gasteiger partial charge in [-0.05, 0) is 30.9 Å². The van der Waals surface area contributed by atoms with E-state index in [1.807, 2.05) is 33.8 Å². The third-order valence-electron chi connectivity index (χ3n) is 2.72. The van der Waals surface area contributed by atoms with Gasteiger partial charge in [0.05, 0.1) is 0 Å². The van der Waals surface area contributed by atoms with E-state index in [-0.39, 0.29) is 17.1 Å². The van der Waals surface area contributed by atoms with Crippen LogP contribution in [0.2, 0.25) is 0 Å². The van der Waals surface area contributed by atoms with Crippen molar-refractivity contribution in [3.8, 4) is 11.5 Å². The lowest BCUT2D eigenvalue weighted by molar-refractivity contribution is -0.131. The Morgan fingerprint density at radius 3 is 2.24 bits per heavy atom. The number of aromatic hydroxyl groups is 1. The van der Waals surface area contributed by atoms with Crippen LogP contribution in [0.1, 0.15) is 44.4 Å². The number of rotatable bonds is 1. The number of phenolic OH excluding ortho intramolecular Hbond substituents is 1. The molecule has 3 nitrogen and oxygen atoms in total. The minimum Gasteiger partial charge on any atom is -0.507 e. The summed E-state index contributed by atoms with van der Waals surface area (Å²) in [5.41, 5.74) is 2.20. The van der Waals surface area contributed by atoms with Gasteiger partial charge in [-0.1, -0.05) is 20.8 Å². The normalized spacial score (nSPS) is 11.4. The Bertz CT molecular complexity index is 454. The van der Waals surface area contributed by atoms with E-state index in [0.717, 1.165) is 11.1 Å². The molecular weight excluding hydrogens is 216 g/mol. The zero-order valence-corrected chi connectivity index (χ0v) is 11.3. The summed E-state index contributed by atoms with van der Waals surface area (Å²) in [6, 6.07) is 1.88. The Morgan fingerprint density at radius 2 is 1.82 bits per heavy atom. The molecule has 0 aliphatic heterocycles. The molecular formula is C14H20O3. The highest BCUT2D eigenvalue weighted by molar-refractivity contribution is 5.71. The van der Waals surface area contributed by atoms with E-state index < -0.39 is 0 Å². The summed E-state index contributed by atoms with van der Waals surface area (Å²) in [7, 11) is 0. The van der Waals surface area contributed by atoms with Gasteiger partial charge >= 0.3 is 5.97 Å². The van der Waals surface area contributed by atoms with Crippen molar-refractivity contribution < 1.29 is 14.6 Å². The van der Waals surface area contributed by atoms with Crippen molar-refractivity contribution in [1.29, 1.82) is 0 Å². The number of carbonyl (C=O) groups is 1. The Kier molecular flexibility index (Phi) is 3.51. The van der Waals surface area contributed by atoms with Crippen molar-refractivity contribution in [2.45, 2.75) is 47.0 Å². The fourth-order valence-corrected chi connectivity index (χ4v) is 1.83. The summed E-state index contributed by atoms with van der Waals surface area (Å²) in [4.78, 5) is 11.0. The van der Waals surface area contributed by atoms with Gasteiger partial charge < -0.3 is 9.84 Å². The third kappa shape index (κ3) is 2.78. The predicted molar refractivity (Wildman–Crippen MR) is 67.6 cm³/mol. The Balaban J connectivity index is 3.42. The van der Waals surface area contributed by atoms with Gasteiger partial charge in [0, 0.05) is 18.1 Å². The lowest BCUT2D eigenvalue weighted by Gasteiger charge is -2.23. The lowest BCUT2D eigenvalue weighted by atomic mass is 9.84. The van der Waals surface area contributed by atoms with Crippen LogP contribution in [-0.4, -0.2) is 11.1 Å². The van der Waals surface area contributed by atoms with Gasteiger partial charge in [-0.15, -0.1) is 0 Å². The molecule has 1 N–H and O–H groups in total. The SMILES string of the molecule is CC(=O)Oc1c(C)cc(C(C)(C)C)c(O)c1C.